The number of thiocarbonyl (C=S) groups is 1. The van der Waals surface area contributed by atoms with Gasteiger partial charge < -0.3 is 5.11 Å². The van der Waals surface area contributed by atoms with Crippen molar-refractivity contribution < 1.29 is 21.0 Å². The van der Waals surface area contributed by atoms with Gasteiger partial charge in [0, 0.05) is 6.42 Å². The lowest BCUT2D eigenvalue weighted by molar-refractivity contribution is -0.817. The van der Waals surface area contributed by atoms with Crippen LogP contribution in [0.5, 0.6) is 0 Å². The van der Waals surface area contributed by atoms with E-state index in [1.165, 1.54) is 6.92 Å². The molecule has 0 aromatic rings. The number of carboxylic acid groups (broad SMARTS) is 1. The Bertz CT molecular complexity index is 293. The average molecular weight is 189 g/mol. The summed E-state index contributed by atoms with van der Waals surface area (Å²) in [6.07, 6.45) is 0.357. The third-order valence-corrected chi connectivity index (χ3v) is 2.28. The predicted molar refractivity (Wildman–Crippen MR) is 45.1 cm³/mol. The van der Waals surface area contributed by atoms with Crippen molar-refractivity contribution in [1.29, 1.82) is 0 Å². The maximum Gasteiger partial charge on any atom is 0.368 e. The number of likely N-dealkylation sites (tertiary alicyclic amines) is 1. The first kappa shape index (κ1) is 7.82. The lowest BCUT2D eigenvalue weighted by atomic mass is 10.2. The summed E-state index contributed by atoms with van der Waals surface area (Å²) < 4.78 is 7.67. The molecule has 1 amide bonds. The number of carbonyl (C=O) groups excluding carboxylic acids is 1. The minimum absolute atomic E-state index is 0.172. The van der Waals surface area contributed by atoms with Gasteiger partial charge in [-0.15, -0.1) is 0 Å². The molecule has 5 heteroatoms. The highest BCUT2D eigenvalue weighted by Gasteiger charge is 2.41. The summed E-state index contributed by atoms with van der Waals surface area (Å²) in [5.74, 6) is -1.67. The molecule has 0 spiro atoms. The number of carboxylic acids is 1. The molecule has 2 N–H and O–H groups in total. The second-order valence-corrected chi connectivity index (χ2v) is 3.19. The molecule has 1 aliphatic heterocycles. The zero-order valence-electron chi connectivity index (χ0n) is 7.61. The van der Waals surface area contributed by atoms with E-state index in [-0.39, 0.29) is 11.4 Å². The van der Waals surface area contributed by atoms with E-state index < -0.39 is 22.8 Å². The molecule has 1 rings (SSSR count). The van der Waals surface area contributed by atoms with E-state index in [0.29, 0.717) is 6.42 Å². The lowest BCUT2D eigenvalue weighted by Crippen LogP contribution is -3.17. The third-order valence-electron chi connectivity index (χ3n) is 1.85. The van der Waals surface area contributed by atoms with Crippen molar-refractivity contribution in [3.8, 4) is 0 Å². The monoisotopic (exact) mass is 189 g/mol. The van der Waals surface area contributed by atoms with E-state index in [0.717, 1.165) is 0 Å². The van der Waals surface area contributed by atoms with Gasteiger partial charge in [-0.1, -0.05) is 12.2 Å². The molecule has 1 fully saturated rings. The smallest absolute Gasteiger partial charge is 0.368 e. The molecule has 12 heavy (non-hydrogen) atoms. The summed E-state index contributed by atoms with van der Waals surface area (Å²) in [6.45, 7) is 1.39. The largest absolute Gasteiger partial charge is 0.477 e. The number of rotatable bonds is 1. The molecule has 4 nitrogen and oxygen atoms in total. The molecule has 1 heterocycles. The number of amides is 1. The molecule has 0 bridgehead atoms. The SMILES string of the molecule is [2H][N+]1(C(C)=O)CCC(=S)[C@H]1C(=O)O. The summed E-state index contributed by atoms with van der Waals surface area (Å²) >= 11 is 4.82. The van der Waals surface area contributed by atoms with Gasteiger partial charge in [0.2, 0.25) is 6.04 Å². The number of nitrogens with one attached hydrogen (secondary N) is 1. The highest BCUT2D eigenvalue weighted by molar-refractivity contribution is 7.80. The fourth-order valence-corrected chi connectivity index (χ4v) is 1.60. The van der Waals surface area contributed by atoms with Crippen LogP contribution in [0.25, 0.3) is 0 Å². The Morgan fingerprint density at radius 3 is 2.75 bits per heavy atom. The molecule has 0 radical (unpaired) electrons. The second-order valence-electron chi connectivity index (χ2n) is 2.67. The molecule has 0 aliphatic carbocycles. The molecule has 0 saturated carbocycles. The Kier molecular flexibility index (Phi) is 2.14. The zero-order valence-corrected chi connectivity index (χ0v) is 7.43. The van der Waals surface area contributed by atoms with E-state index >= 15 is 0 Å². The van der Waals surface area contributed by atoms with E-state index in [4.69, 9.17) is 18.7 Å². The number of hydrogen-bond donors (Lipinski definition) is 2. The Morgan fingerprint density at radius 1 is 1.83 bits per heavy atom. The normalized spacial score (nSPS) is 36.2. The van der Waals surface area contributed by atoms with Gasteiger partial charge >= 0.3 is 13.3 Å². The van der Waals surface area contributed by atoms with Gasteiger partial charge in [-0.25, -0.2) is 9.59 Å². The summed E-state index contributed by atoms with van der Waals surface area (Å²) in [4.78, 5) is 21.3. The second kappa shape index (κ2) is 3.28. The van der Waals surface area contributed by atoms with E-state index in [9.17, 15) is 9.59 Å². The van der Waals surface area contributed by atoms with Crippen LogP contribution >= 0.6 is 12.2 Å². The maximum atomic E-state index is 11.1. The van der Waals surface area contributed by atoms with Crippen molar-refractivity contribution in [2.45, 2.75) is 19.4 Å². The summed E-state index contributed by atoms with van der Waals surface area (Å²) in [7, 11) is 0. The number of hydrogen-bond acceptors (Lipinski definition) is 3. The molecule has 1 unspecified atom stereocenters. The van der Waals surface area contributed by atoms with Crippen molar-refractivity contribution in [3.63, 3.8) is 0 Å². The first-order valence-corrected chi connectivity index (χ1v) is 3.97. The number of carbonyl (C=O) groups is 2. The molecule has 66 valence electrons. The van der Waals surface area contributed by atoms with Crippen molar-refractivity contribution in [2.75, 3.05) is 6.54 Å². The van der Waals surface area contributed by atoms with E-state index in [1.54, 1.807) is 0 Å². The standard InChI is InChI=1S/C7H9NO3S/c1-4(9)8-3-2-5(12)6(8)7(10)11/h6H,2-3H2,1H3,(H,10,11)/p+1/t6-/m0/s1/i/hD. The number of quaternary nitrogens is 1. The Labute approximate surface area is 76.6 Å². The molecule has 1 aliphatic rings. The van der Waals surface area contributed by atoms with E-state index in [2.05, 4.69) is 0 Å². The van der Waals surface area contributed by atoms with Crippen molar-refractivity contribution in [3.05, 3.63) is 0 Å². The molecular weight excluding hydrogens is 178 g/mol. The summed E-state index contributed by atoms with van der Waals surface area (Å²) in [5.41, 5.74) is 0. The van der Waals surface area contributed by atoms with Gasteiger partial charge in [0.1, 0.15) is 0 Å². The zero-order chi connectivity index (χ0) is 10.2. The molecular formula is C7H10NO3S+. The van der Waals surface area contributed by atoms with Crippen LogP contribution in [0.15, 0.2) is 0 Å². The molecule has 1 saturated heterocycles. The molecule has 0 aromatic carbocycles. The van der Waals surface area contributed by atoms with Crippen LogP contribution in [0.4, 0.5) is 0 Å². The highest BCUT2D eigenvalue weighted by atomic mass is 32.1. The van der Waals surface area contributed by atoms with Gasteiger partial charge in [-0.05, 0) is 0 Å². The minimum atomic E-state index is -1.19. The lowest BCUT2D eigenvalue weighted by Gasteiger charge is -2.12. The Morgan fingerprint density at radius 2 is 2.42 bits per heavy atom. The van der Waals surface area contributed by atoms with Gasteiger partial charge in [0.15, 0.2) is 0 Å². The van der Waals surface area contributed by atoms with E-state index in [1.807, 2.05) is 0 Å². The minimum Gasteiger partial charge on any atom is -0.477 e. The molecule has 0 aromatic heterocycles. The fourth-order valence-electron chi connectivity index (χ4n) is 1.28. The topological polar surface area (TPSA) is 58.8 Å². The van der Waals surface area contributed by atoms with Crippen molar-refractivity contribution >= 4 is 29.0 Å². The first-order valence-electron chi connectivity index (χ1n) is 4.01. The highest BCUT2D eigenvalue weighted by Crippen LogP contribution is 1.98. The van der Waals surface area contributed by atoms with Crippen LogP contribution in [-0.4, -0.2) is 34.4 Å². The Hall–Kier alpha value is -0.810. The quantitative estimate of drug-likeness (QED) is 0.500. The Balaban J connectivity index is 3.06. The maximum absolute atomic E-state index is 11.1. The predicted octanol–water partition coefficient (Wildman–Crippen LogP) is -1.36. The van der Waals surface area contributed by atoms with Gasteiger partial charge in [0.25, 0.3) is 0 Å². The summed E-state index contributed by atoms with van der Waals surface area (Å²) in [5, 5.41) is 8.79. The van der Waals surface area contributed by atoms with Gasteiger partial charge in [-0.2, -0.15) is 0 Å². The van der Waals surface area contributed by atoms with Crippen LogP contribution in [0.2, 0.25) is 1.41 Å². The first-order chi connectivity index (χ1) is 5.89. The van der Waals surface area contributed by atoms with Crippen LogP contribution < -0.4 is 4.89 Å². The average Bonchev–Trinajstić information content (AvgIpc) is 2.28. The van der Waals surface area contributed by atoms with Crippen LogP contribution in [0.1, 0.15) is 13.3 Å². The van der Waals surface area contributed by atoms with Crippen LogP contribution in [0, 0.1) is 0 Å². The van der Waals surface area contributed by atoms with Crippen LogP contribution in [-0.2, 0) is 9.59 Å². The third kappa shape index (κ3) is 1.51. The van der Waals surface area contributed by atoms with Gasteiger partial charge in [-0.3, -0.25) is 4.89 Å². The molecule has 2 atom stereocenters. The fraction of sp³-hybridized carbons (Fsp3) is 0.571. The number of aliphatic carboxylic acids is 1. The van der Waals surface area contributed by atoms with Crippen molar-refractivity contribution in [1.82, 2.24) is 0 Å². The van der Waals surface area contributed by atoms with Gasteiger partial charge in [0.05, 0.1) is 18.3 Å². The van der Waals surface area contributed by atoms with Crippen LogP contribution in [0.3, 0.4) is 0 Å². The van der Waals surface area contributed by atoms with Crippen molar-refractivity contribution in [2.24, 2.45) is 0 Å². The summed E-state index contributed by atoms with van der Waals surface area (Å²) in [6, 6.07) is -1.16.